The molecule has 4 heteroatoms. The van der Waals surface area contributed by atoms with Gasteiger partial charge in [-0.15, -0.1) is 0 Å². The summed E-state index contributed by atoms with van der Waals surface area (Å²) in [4.78, 5) is 4.68. The number of rotatable bonds is 2. The summed E-state index contributed by atoms with van der Waals surface area (Å²) in [6.45, 7) is 0. The highest BCUT2D eigenvalue weighted by Gasteiger charge is 2.07. The Morgan fingerprint density at radius 2 is 1.79 bits per heavy atom. The van der Waals surface area contributed by atoms with E-state index in [0.29, 0.717) is 0 Å². The second-order valence-electron chi connectivity index (χ2n) is 4.23. The maximum Gasteiger partial charge on any atom is 0.250 e. The molecule has 0 atom stereocenters. The van der Waals surface area contributed by atoms with Gasteiger partial charge in [0.2, 0.25) is 12.1 Å². The van der Waals surface area contributed by atoms with Crippen molar-refractivity contribution >= 4 is 0 Å². The van der Waals surface area contributed by atoms with Gasteiger partial charge in [0.1, 0.15) is 12.4 Å². The zero-order valence-corrected chi connectivity index (χ0v) is 12.7. The van der Waals surface area contributed by atoms with Gasteiger partial charge < -0.3 is 24.0 Å². The van der Waals surface area contributed by atoms with Crippen LogP contribution in [0.4, 0.5) is 0 Å². The second-order valence-corrected chi connectivity index (χ2v) is 4.23. The summed E-state index contributed by atoms with van der Waals surface area (Å²) in [5.74, 6) is 0.928. The molecule has 0 fully saturated rings. The van der Waals surface area contributed by atoms with Gasteiger partial charge in [-0.05, 0) is 6.07 Å². The van der Waals surface area contributed by atoms with Gasteiger partial charge in [0, 0.05) is 11.6 Å². The maximum absolute atomic E-state index is 4.68. The zero-order valence-electron chi connectivity index (χ0n) is 10.6. The molecule has 0 saturated heterocycles. The first-order valence-corrected chi connectivity index (χ1v) is 5.89. The van der Waals surface area contributed by atoms with Crippen LogP contribution in [0.15, 0.2) is 67.3 Å². The summed E-state index contributed by atoms with van der Waals surface area (Å²) in [6.07, 6.45) is 5.99. The molecule has 96 valence electrons. The fraction of sp³-hybridized carbons (Fsp3) is 0.0667. The number of halogens is 1. The van der Waals surface area contributed by atoms with E-state index in [9.17, 15) is 0 Å². The highest BCUT2D eigenvalue weighted by Crippen LogP contribution is 2.17. The van der Waals surface area contributed by atoms with Gasteiger partial charge in [0.05, 0.1) is 12.7 Å². The van der Waals surface area contributed by atoms with E-state index in [2.05, 4.69) is 17.1 Å². The van der Waals surface area contributed by atoms with E-state index in [-0.39, 0.29) is 24.0 Å². The smallest absolute Gasteiger partial charge is 0.250 e. The fourth-order valence-electron chi connectivity index (χ4n) is 1.92. The Bertz CT molecular complexity index is 662. The van der Waals surface area contributed by atoms with E-state index < -0.39 is 0 Å². The molecular weight excluding hydrogens is 349 g/mol. The largest absolute Gasteiger partial charge is 1.00 e. The van der Waals surface area contributed by atoms with E-state index in [4.69, 9.17) is 0 Å². The van der Waals surface area contributed by atoms with Crippen LogP contribution in [-0.2, 0) is 7.05 Å². The third-order valence-electron chi connectivity index (χ3n) is 2.84. The average Bonchev–Trinajstić information content (AvgIpc) is 2.87. The number of benzene rings is 1. The van der Waals surface area contributed by atoms with E-state index in [0.717, 1.165) is 17.1 Å². The molecule has 0 unspecified atom stereocenters. The third-order valence-corrected chi connectivity index (χ3v) is 2.84. The predicted octanol–water partition coefficient (Wildman–Crippen LogP) is -0.632. The van der Waals surface area contributed by atoms with Crippen LogP contribution in [0.1, 0.15) is 0 Å². The van der Waals surface area contributed by atoms with Gasteiger partial charge in [0.15, 0.2) is 0 Å². The minimum atomic E-state index is 0. The van der Waals surface area contributed by atoms with Crippen LogP contribution in [0.25, 0.3) is 17.1 Å². The van der Waals surface area contributed by atoms with Crippen molar-refractivity contribution in [3.8, 4) is 17.1 Å². The molecule has 3 aromatic rings. The first-order valence-electron chi connectivity index (χ1n) is 5.89. The van der Waals surface area contributed by atoms with Crippen LogP contribution >= 0.6 is 0 Å². The van der Waals surface area contributed by atoms with Gasteiger partial charge in [-0.3, -0.25) is 0 Å². The SMILES string of the molecule is C[n+]1ccn(-c2cccc(-c3ccccc3)n2)c1.[I-]. The number of aromatic nitrogens is 3. The summed E-state index contributed by atoms with van der Waals surface area (Å²) in [5.41, 5.74) is 2.13. The van der Waals surface area contributed by atoms with Crippen molar-refractivity contribution in [3.05, 3.63) is 67.3 Å². The van der Waals surface area contributed by atoms with Crippen LogP contribution in [0.5, 0.6) is 0 Å². The molecule has 0 radical (unpaired) electrons. The molecule has 0 spiro atoms. The molecule has 0 aliphatic rings. The van der Waals surface area contributed by atoms with Crippen LogP contribution in [0.2, 0.25) is 0 Å². The third kappa shape index (κ3) is 3.01. The molecule has 0 aliphatic heterocycles. The Morgan fingerprint density at radius 1 is 1.00 bits per heavy atom. The van der Waals surface area contributed by atoms with Crippen molar-refractivity contribution in [2.24, 2.45) is 7.05 Å². The molecule has 1 aromatic carbocycles. The van der Waals surface area contributed by atoms with Crippen LogP contribution < -0.4 is 28.5 Å². The molecule has 2 aromatic heterocycles. The molecule has 3 rings (SSSR count). The van der Waals surface area contributed by atoms with E-state index in [1.54, 1.807) is 0 Å². The Labute approximate surface area is 129 Å². The standard InChI is InChI=1S/C15H14N3.HI/c1-17-10-11-18(12-17)15-9-5-8-14(16-15)13-6-3-2-4-7-13;/h2-12H,1H3;1H/q+1;/p-1. The Balaban J connectivity index is 0.00000133. The highest BCUT2D eigenvalue weighted by molar-refractivity contribution is 5.59. The average molecular weight is 363 g/mol. The monoisotopic (exact) mass is 363 g/mol. The number of hydrogen-bond donors (Lipinski definition) is 0. The number of pyridine rings is 1. The summed E-state index contributed by atoms with van der Waals surface area (Å²) in [6, 6.07) is 16.3. The van der Waals surface area contributed by atoms with E-state index in [1.165, 1.54) is 0 Å². The molecular formula is C15H14IN3. The number of aryl methyl sites for hydroxylation is 1. The Hall–Kier alpha value is -1.69. The topological polar surface area (TPSA) is 21.7 Å². The first kappa shape index (κ1) is 13.7. The number of imidazole rings is 1. The highest BCUT2D eigenvalue weighted by atomic mass is 127. The Kier molecular flexibility index (Phi) is 4.31. The van der Waals surface area contributed by atoms with Crippen molar-refractivity contribution in [1.29, 1.82) is 0 Å². The Morgan fingerprint density at radius 3 is 2.47 bits per heavy atom. The lowest BCUT2D eigenvalue weighted by Crippen LogP contribution is -3.00. The second kappa shape index (κ2) is 5.97. The molecule has 19 heavy (non-hydrogen) atoms. The molecule has 0 amide bonds. The lowest BCUT2D eigenvalue weighted by atomic mass is 10.1. The van der Waals surface area contributed by atoms with Gasteiger partial charge in [-0.25, -0.2) is 9.55 Å². The van der Waals surface area contributed by atoms with Gasteiger partial charge >= 0.3 is 0 Å². The molecule has 0 N–H and O–H groups in total. The minimum Gasteiger partial charge on any atom is -1.00 e. The first-order chi connectivity index (χ1) is 8.83. The van der Waals surface area contributed by atoms with Gasteiger partial charge in [0.25, 0.3) is 0 Å². The summed E-state index contributed by atoms with van der Waals surface area (Å²) in [7, 11) is 2.00. The summed E-state index contributed by atoms with van der Waals surface area (Å²) >= 11 is 0. The van der Waals surface area contributed by atoms with Crippen molar-refractivity contribution in [2.45, 2.75) is 0 Å². The zero-order chi connectivity index (χ0) is 12.4. The normalized spacial score (nSPS) is 9.95. The van der Waals surface area contributed by atoms with Crippen molar-refractivity contribution in [2.75, 3.05) is 0 Å². The van der Waals surface area contributed by atoms with Crippen molar-refractivity contribution in [3.63, 3.8) is 0 Å². The molecule has 3 nitrogen and oxygen atoms in total. The van der Waals surface area contributed by atoms with Gasteiger partial charge in [-0.1, -0.05) is 36.4 Å². The maximum atomic E-state index is 4.68. The van der Waals surface area contributed by atoms with Gasteiger partial charge in [-0.2, -0.15) is 4.57 Å². The molecule has 0 aliphatic carbocycles. The lowest BCUT2D eigenvalue weighted by molar-refractivity contribution is -0.670. The fourth-order valence-corrected chi connectivity index (χ4v) is 1.92. The molecule has 0 saturated carbocycles. The van der Waals surface area contributed by atoms with Crippen LogP contribution in [0.3, 0.4) is 0 Å². The quantitative estimate of drug-likeness (QED) is 0.439. The van der Waals surface area contributed by atoms with Crippen molar-refractivity contribution in [1.82, 2.24) is 9.55 Å². The predicted molar refractivity (Wildman–Crippen MR) is 70.2 cm³/mol. The molecule has 2 heterocycles. The summed E-state index contributed by atoms with van der Waals surface area (Å²) in [5, 5.41) is 0. The van der Waals surface area contributed by atoms with E-state index in [1.807, 2.05) is 71.3 Å². The lowest BCUT2D eigenvalue weighted by Gasteiger charge is -2.01. The molecule has 0 bridgehead atoms. The van der Waals surface area contributed by atoms with Crippen LogP contribution in [0, 0.1) is 0 Å². The number of hydrogen-bond acceptors (Lipinski definition) is 1. The van der Waals surface area contributed by atoms with E-state index >= 15 is 0 Å². The number of nitrogens with zero attached hydrogens (tertiary/aromatic N) is 3. The minimum absolute atomic E-state index is 0. The summed E-state index contributed by atoms with van der Waals surface area (Å²) < 4.78 is 4.00. The van der Waals surface area contributed by atoms with Crippen LogP contribution in [-0.4, -0.2) is 9.55 Å². The van der Waals surface area contributed by atoms with Crippen molar-refractivity contribution < 1.29 is 28.5 Å².